The Labute approximate surface area is 114 Å². The van der Waals surface area contributed by atoms with E-state index in [1.807, 2.05) is 0 Å². The van der Waals surface area contributed by atoms with Crippen molar-refractivity contribution in [2.24, 2.45) is 0 Å². The van der Waals surface area contributed by atoms with Gasteiger partial charge < -0.3 is 4.57 Å². The maximum absolute atomic E-state index is 2.27. The molecule has 1 heteroatoms. The van der Waals surface area contributed by atoms with Gasteiger partial charge in [-0.3, -0.25) is 0 Å². The highest BCUT2D eigenvalue weighted by Crippen LogP contribution is 2.34. The molecule has 0 N–H and O–H groups in total. The number of fused-ring (bicyclic) bond motifs is 1. The zero-order valence-electron chi connectivity index (χ0n) is 11.7. The minimum Gasteiger partial charge on any atom is -0.323 e. The van der Waals surface area contributed by atoms with Crippen molar-refractivity contribution in [3.05, 3.63) is 66.5 Å². The van der Waals surface area contributed by atoms with Crippen molar-refractivity contribution in [2.45, 2.75) is 26.2 Å². The molecule has 3 aromatic rings. The van der Waals surface area contributed by atoms with E-state index in [1.165, 1.54) is 22.0 Å². The standard InChI is InChI=1S/C18H19N/c1-18(2,3)16-11-10-14-8-4-5-9-15(14)17(16)19-12-6-7-13-19/h4-13H,1-3H3. The Morgan fingerprint density at radius 2 is 1.47 bits per heavy atom. The molecule has 0 saturated carbocycles. The number of benzene rings is 2. The molecule has 0 unspecified atom stereocenters. The summed E-state index contributed by atoms with van der Waals surface area (Å²) < 4.78 is 2.23. The first-order valence-corrected chi connectivity index (χ1v) is 6.73. The molecule has 0 saturated heterocycles. The minimum atomic E-state index is 0.129. The molecule has 3 rings (SSSR count). The second kappa shape index (κ2) is 4.27. The van der Waals surface area contributed by atoms with Gasteiger partial charge in [-0.1, -0.05) is 57.2 Å². The second-order valence-electron chi connectivity index (χ2n) is 6.02. The number of nitrogens with zero attached hydrogens (tertiary/aromatic N) is 1. The predicted octanol–water partition coefficient (Wildman–Crippen LogP) is 4.93. The number of aromatic nitrogens is 1. The number of hydrogen-bond donors (Lipinski definition) is 0. The molecule has 0 amide bonds. The maximum Gasteiger partial charge on any atom is 0.0565 e. The van der Waals surface area contributed by atoms with Crippen LogP contribution in [0.25, 0.3) is 16.5 Å². The molecule has 0 spiro atoms. The van der Waals surface area contributed by atoms with Gasteiger partial charge in [0.2, 0.25) is 0 Å². The summed E-state index contributed by atoms with van der Waals surface area (Å²) in [5.41, 5.74) is 2.81. The second-order valence-corrected chi connectivity index (χ2v) is 6.02. The molecule has 0 aliphatic rings. The number of hydrogen-bond acceptors (Lipinski definition) is 0. The van der Waals surface area contributed by atoms with E-state index in [4.69, 9.17) is 0 Å². The summed E-state index contributed by atoms with van der Waals surface area (Å²) in [7, 11) is 0. The highest BCUT2D eigenvalue weighted by Gasteiger charge is 2.20. The molecule has 2 aromatic carbocycles. The Balaban J connectivity index is 2.42. The van der Waals surface area contributed by atoms with Crippen LogP contribution in [-0.4, -0.2) is 4.57 Å². The maximum atomic E-state index is 2.27. The van der Waals surface area contributed by atoms with Gasteiger partial charge in [-0.05, 0) is 28.5 Å². The van der Waals surface area contributed by atoms with Gasteiger partial charge in [0.25, 0.3) is 0 Å². The van der Waals surface area contributed by atoms with Crippen molar-refractivity contribution < 1.29 is 0 Å². The summed E-state index contributed by atoms with van der Waals surface area (Å²) >= 11 is 0. The number of rotatable bonds is 1. The van der Waals surface area contributed by atoms with Crippen molar-refractivity contribution in [3.63, 3.8) is 0 Å². The van der Waals surface area contributed by atoms with Gasteiger partial charge in [0.05, 0.1) is 5.69 Å². The van der Waals surface area contributed by atoms with Crippen LogP contribution < -0.4 is 0 Å². The molecular formula is C18H19N. The third-order valence-electron chi connectivity index (χ3n) is 3.57. The van der Waals surface area contributed by atoms with Crippen LogP contribution in [0.5, 0.6) is 0 Å². The fourth-order valence-electron chi connectivity index (χ4n) is 2.62. The molecule has 0 aliphatic heterocycles. The average Bonchev–Trinajstić information content (AvgIpc) is 2.89. The topological polar surface area (TPSA) is 4.93 Å². The lowest BCUT2D eigenvalue weighted by atomic mass is 9.84. The quantitative estimate of drug-likeness (QED) is 0.576. The summed E-state index contributed by atoms with van der Waals surface area (Å²) in [4.78, 5) is 0. The molecule has 0 bridgehead atoms. The van der Waals surface area contributed by atoms with E-state index in [0.717, 1.165) is 0 Å². The molecule has 1 nitrogen and oxygen atoms in total. The first kappa shape index (κ1) is 12.0. The summed E-state index contributed by atoms with van der Waals surface area (Å²) in [5, 5.41) is 2.60. The first-order valence-electron chi connectivity index (χ1n) is 6.73. The van der Waals surface area contributed by atoms with E-state index in [2.05, 4.69) is 86.3 Å². The Kier molecular flexibility index (Phi) is 2.70. The van der Waals surface area contributed by atoms with Crippen molar-refractivity contribution in [1.82, 2.24) is 4.57 Å². The van der Waals surface area contributed by atoms with E-state index in [9.17, 15) is 0 Å². The van der Waals surface area contributed by atoms with E-state index in [-0.39, 0.29) is 5.41 Å². The van der Waals surface area contributed by atoms with Gasteiger partial charge in [0, 0.05) is 17.8 Å². The third-order valence-corrected chi connectivity index (χ3v) is 3.57. The van der Waals surface area contributed by atoms with Crippen LogP contribution in [0.3, 0.4) is 0 Å². The van der Waals surface area contributed by atoms with E-state index in [1.54, 1.807) is 0 Å². The normalized spacial score (nSPS) is 11.9. The van der Waals surface area contributed by atoms with Crippen LogP contribution in [0.4, 0.5) is 0 Å². The molecule has 0 atom stereocenters. The van der Waals surface area contributed by atoms with Crippen molar-refractivity contribution in [1.29, 1.82) is 0 Å². The Morgan fingerprint density at radius 3 is 2.16 bits per heavy atom. The van der Waals surface area contributed by atoms with Crippen LogP contribution in [-0.2, 0) is 5.41 Å². The predicted molar refractivity (Wildman–Crippen MR) is 82.0 cm³/mol. The van der Waals surface area contributed by atoms with Crippen molar-refractivity contribution in [3.8, 4) is 5.69 Å². The summed E-state index contributed by atoms with van der Waals surface area (Å²) in [6.07, 6.45) is 4.24. The Hall–Kier alpha value is -2.02. The highest BCUT2D eigenvalue weighted by atomic mass is 14.9. The lowest BCUT2D eigenvalue weighted by Gasteiger charge is -2.25. The van der Waals surface area contributed by atoms with E-state index in [0.29, 0.717) is 0 Å². The minimum absolute atomic E-state index is 0.129. The van der Waals surface area contributed by atoms with Gasteiger partial charge >= 0.3 is 0 Å². The summed E-state index contributed by atoms with van der Waals surface area (Å²) in [6, 6.07) is 17.2. The lowest BCUT2D eigenvalue weighted by molar-refractivity contribution is 0.587. The zero-order valence-corrected chi connectivity index (χ0v) is 11.7. The Bertz CT molecular complexity index is 700. The van der Waals surface area contributed by atoms with Crippen LogP contribution in [0.1, 0.15) is 26.3 Å². The van der Waals surface area contributed by atoms with E-state index >= 15 is 0 Å². The fraction of sp³-hybridized carbons (Fsp3) is 0.222. The fourth-order valence-corrected chi connectivity index (χ4v) is 2.62. The third kappa shape index (κ3) is 2.06. The van der Waals surface area contributed by atoms with Gasteiger partial charge in [0.15, 0.2) is 0 Å². The van der Waals surface area contributed by atoms with Gasteiger partial charge in [-0.2, -0.15) is 0 Å². The molecule has 96 valence electrons. The zero-order chi connectivity index (χ0) is 13.5. The molecule has 0 aliphatic carbocycles. The van der Waals surface area contributed by atoms with Gasteiger partial charge in [0.1, 0.15) is 0 Å². The molecule has 19 heavy (non-hydrogen) atoms. The Morgan fingerprint density at radius 1 is 0.789 bits per heavy atom. The molecule has 0 fully saturated rings. The van der Waals surface area contributed by atoms with Gasteiger partial charge in [-0.15, -0.1) is 0 Å². The van der Waals surface area contributed by atoms with Gasteiger partial charge in [-0.25, -0.2) is 0 Å². The van der Waals surface area contributed by atoms with E-state index < -0.39 is 0 Å². The van der Waals surface area contributed by atoms with Crippen molar-refractivity contribution >= 4 is 10.8 Å². The summed E-state index contributed by atoms with van der Waals surface area (Å²) in [6.45, 7) is 6.80. The summed E-state index contributed by atoms with van der Waals surface area (Å²) in [5.74, 6) is 0. The highest BCUT2D eigenvalue weighted by molar-refractivity contribution is 5.92. The van der Waals surface area contributed by atoms with Crippen LogP contribution in [0.15, 0.2) is 60.9 Å². The largest absolute Gasteiger partial charge is 0.323 e. The van der Waals surface area contributed by atoms with Crippen LogP contribution >= 0.6 is 0 Å². The first-order chi connectivity index (χ1) is 9.07. The van der Waals surface area contributed by atoms with Crippen LogP contribution in [0.2, 0.25) is 0 Å². The smallest absolute Gasteiger partial charge is 0.0565 e. The van der Waals surface area contributed by atoms with Crippen molar-refractivity contribution in [2.75, 3.05) is 0 Å². The molecular weight excluding hydrogens is 230 g/mol. The molecule has 1 aromatic heterocycles. The monoisotopic (exact) mass is 249 g/mol. The van der Waals surface area contributed by atoms with Crippen LogP contribution in [0, 0.1) is 0 Å². The molecule has 0 radical (unpaired) electrons. The SMILES string of the molecule is CC(C)(C)c1ccc2ccccc2c1-n1cccc1. The lowest BCUT2D eigenvalue weighted by Crippen LogP contribution is -2.15. The average molecular weight is 249 g/mol. The molecule has 1 heterocycles.